The summed E-state index contributed by atoms with van der Waals surface area (Å²) < 4.78 is 0. The minimum absolute atomic E-state index is 0.198. The number of hydrogen-bond donors (Lipinski definition) is 10. The molecule has 38 heavy (non-hydrogen) atoms. The first-order chi connectivity index (χ1) is 18.0. The van der Waals surface area contributed by atoms with Crippen LogP contribution < -0.4 is 48.7 Å². The summed E-state index contributed by atoms with van der Waals surface area (Å²) in [5.74, 6) is -6.03. The van der Waals surface area contributed by atoms with Gasteiger partial charge in [0, 0.05) is 0 Å². The highest BCUT2D eigenvalue weighted by molar-refractivity contribution is 5.93. The molecule has 0 aliphatic heterocycles. The van der Waals surface area contributed by atoms with Crippen molar-refractivity contribution in [3.05, 3.63) is 0 Å². The number of carboxylic acids is 1. The van der Waals surface area contributed by atoms with Gasteiger partial charge in [0.05, 0.1) is 39.3 Å². The van der Waals surface area contributed by atoms with Crippen molar-refractivity contribution in [2.24, 2.45) is 11.5 Å². The molecule has 18 heteroatoms. The van der Waals surface area contributed by atoms with Gasteiger partial charge in [-0.1, -0.05) is 0 Å². The molecule has 7 amide bonds. The number of amides is 7. The molecule has 0 aromatic carbocycles. The Labute approximate surface area is 217 Å². The third-order valence-corrected chi connectivity index (χ3v) is 4.43. The Bertz CT molecular complexity index is 867. The lowest BCUT2D eigenvalue weighted by molar-refractivity contribution is -0.137. The van der Waals surface area contributed by atoms with Crippen molar-refractivity contribution in [3.63, 3.8) is 0 Å². The molecule has 0 heterocycles. The predicted octanol–water partition coefficient (Wildman–Crippen LogP) is -6.66. The van der Waals surface area contributed by atoms with E-state index in [1.807, 2.05) is 5.32 Å². The second-order valence-electron chi connectivity index (χ2n) is 7.60. The minimum atomic E-state index is -1.25. The second-order valence-corrected chi connectivity index (χ2v) is 7.60. The fraction of sp³-hybridized carbons (Fsp3) is 0.600. The molecule has 214 valence electrons. The Hall–Kier alpha value is -4.32. The van der Waals surface area contributed by atoms with Crippen molar-refractivity contribution in [3.8, 4) is 0 Å². The molecule has 0 saturated carbocycles. The fourth-order valence-corrected chi connectivity index (χ4v) is 2.51. The first kappa shape index (κ1) is 33.7. The number of unbranched alkanes of at least 4 members (excludes halogenated alkanes) is 1. The van der Waals surface area contributed by atoms with Gasteiger partial charge in [-0.2, -0.15) is 0 Å². The normalized spacial score (nSPS) is 10.8. The summed E-state index contributed by atoms with van der Waals surface area (Å²) in [4.78, 5) is 92.7. The molecule has 0 radical (unpaired) electrons. The van der Waals surface area contributed by atoms with E-state index in [0.29, 0.717) is 19.4 Å². The average Bonchev–Trinajstić information content (AvgIpc) is 2.89. The summed E-state index contributed by atoms with van der Waals surface area (Å²) in [6.07, 6.45) is 1.25. The lowest BCUT2D eigenvalue weighted by Crippen LogP contribution is -2.52. The average molecular weight is 546 g/mol. The van der Waals surface area contributed by atoms with E-state index in [4.69, 9.17) is 16.6 Å². The molecular formula is C20H35N9O9. The van der Waals surface area contributed by atoms with Crippen molar-refractivity contribution in [2.45, 2.75) is 25.3 Å². The maximum atomic E-state index is 12.5. The van der Waals surface area contributed by atoms with Crippen molar-refractivity contribution >= 4 is 47.3 Å². The van der Waals surface area contributed by atoms with E-state index < -0.39 is 86.1 Å². The lowest BCUT2D eigenvalue weighted by Gasteiger charge is -2.18. The van der Waals surface area contributed by atoms with E-state index in [1.54, 1.807) is 0 Å². The molecule has 18 nitrogen and oxygen atoms in total. The Kier molecular flexibility index (Phi) is 17.6. The number of carboxylic acid groups (broad SMARTS) is 1. The topological polar surface area (TPSA) is 293 Å². The van der Waals surface area contributed by atoms with E-state index >= 15 is 0 Å². The number of carbonyl (C=O) groups excluding carboxylic acids is 7. The largest absolute Gasteiger partial charge is 0.480 e. The van der Waals surface area contributed by atoms with Gasteiger partial charge >= 0.3 is 5.97 Å². The highest BCUT2D eigenvalue weighted by Crippen LogP contribution is 2.01. The summed E-state index contributed by atoms with van der Waals surface area (Å²) >= 11 is 0. The molecule has 0 aliphatic carbocycles. The standard InChI is InChI=1S/C20H35N9O9/c21-4-2-1-3-12(29-18(35)10-26-14(31)6-23-13(30)5-22)20(38)28-9-17(34)25-7-15(32)24-8-16(33)27-11-19(36)37/h12H,1-11,21-22H2,(H,23,30)(H,24,32)(H,25,34)(H,26,31)(H,27,33)(H,28,38)(H,29,35)(H,36,37)/t12-/m0/s1. The third-order valence-electron chi connectivity index (χ3n) is 4.43. The van der Waals surface area contributed by atoms with Crippen molar-refractivity contribution in [1.29, 1.82) is 0 Å². The predicted molar refractivity (Wildman–Crippen MR) is 130 cm³/mol. The Balaban J connectivity index is 4.51. The lowest BCUT2D eigenvalue weighted by atomic mass is 10.1. The van der Waals surface area contributed by atoms with Gasteiger partial charge in [0.25, 0.3) is 0 Å². The summed E-state index contributed by atoms with van der Waals surface area (Å²) in [5.41, 5.74) is 10.6. The number of carbonyl (C=O) groups is 8. The van der Waals surface area contributed by atoms with Crippen LogP contribution in [0.25, 0.3) is 0 Å². The van der Waals surface area contributed by atoms with E-state index in [0.717, 1.165) is 0 Å². The smallest absolute Gasteiger partial charge is 0.322 e. The fourth-order valence-electron chi connectivity index (χ4n) is 2.51. The Morgan fingerprint density at radius 2 is 0.974 bits per heavy atom. The molecule has 1 atom stereocenters. The van der Waals surface area contributed by atoms with Gasteiger partial charge in [-0.15, -0.1) is 0 Å². The maximum Gasteiger partial charge on any atom is 0.322 e. The van der Waals surface area contributed by atoms with Crippen LogP contribution in [0.3, 0.4) is 0 Å². The Morgan fingerprint density at radius 1 is 0.553 bits per heavy atom. The second kappa shape index (κ2) is 19.8. The van der Waals surface area contributed by atoms with Crippen molar-refractivity contribution in [2.75, 3.05) is 52.4 Å². The van der Waals surface area contributed by atoms with Crippen LogP contribution in [-0.2, 0) is 38.4 Å². The summed E-state index contributed by atoms with van der Waals surface area (Å²) in [6, 6.07) is -1.04. The molecule has 0 aromatic rings. The van der Waals surface area contributed by atoms with E-state index in [9.17, 15) is 38.4 Å². The first-order valence-corrected chi connectivity index (χ1v) is 11.5. The van der Waals surface area contributed by atoms with Crippen LogP contribution >= 0.6 is 0 Å². The van der Waals surface area contributed by atoms with Gasteiger partial charge in [0.2, 0.25) is 41.4 Å². The van der Waals surface area contributed by atoms with Crippen LogP contribution in [0, 0.1) is 0 Å². The van der Waals surface area contributed by atoms with Crippen LogP contribution in [0.4, 0.5) is 0 Å². The van der Waals surface area contributed by atoms with E-state index in [1.165, 1.54) is 0 Å². The van der Waals surface area contributed by atoms with Gasteiger partial charge in [-0.3, -0.25) is 38.4 Å². The van der Waals surface area contributed by atoms with Gasteiger partial charge in [-0.25, -0.2) is 0 Å². The zero-order valence-electron chi connectivity index (χ0n) is 20.7. The first-order valence-electron chi connectivity index (χ1n) is 11.5. The minimum Gasteiger partial charge on any atom is -0.480 e. The van der Waals surface area contributed by atoms with E-state index in [-0.39, 0.29) is 19.5 Å². The molecule has 0 aromatic heterocycles. The maximum absolute atomic E-state index is 12.5. The number of nitrogens with two attached hydrogens (primary N) is 2. The zero-order valence-corrected chi connectivity index (χ0v) is 20.7. The van der Waals surface area contributed by atoms with Crippen LogP contribution in [0.15, 0.2) is 0 Å². The molecule has 0 fully saturated rings. The van der Waals surface area contributed by atoms with Gasteiger partial charge < -0.3 is 53.8 Å². The van der Waals surface area contributed by atoms with Crippen LogP contribution in [-0.4, -0.2) is 111 Å². The van der Waals surface area contributed by atoms with E-state index in [2.05, 4.69) is 31.9 Å². The van der Waals surface area contributed by atoms with Crippen molar-refractivity contribution < 1.29 is 43.5 Å². The Morgan fingerprint density at radius 3 is 1.42 bits per heavy atom. The summed E-state index contributed by atoms with van der Waals surface area (Å²) in [5, 5.41) is 24.2. The van der Waals surface area contributed by atoms with Gasteiger partial charge in [0.1, 0.15) is 12.6 Å². The molecule has 0 spiro atoms. The highest BCUT2D eigenvalue weighted by atomic mass is 16.4. The SMILES string of the molecule is NCCCC[C@H](NC(=O)CNC(=O)CNC(=O)CN)C(=O)NCC(=O)NCC(=O)NCC(=O)NCC(=O)O. The number of aliphatic carboxylic acids is 1. The molecule has 12 N–H and O–H groups in total. The number of hydrogen-bond acceptors (Lipinski definition) is 10. The molecular weight excluding hydrogens is 510 g/mol. The van der Waals surface area contributed by atoms with Crippen LogP contribution in [0.2, 0.25) is 0 Å². The zero-order chi connectivity index (χ0) is 28.9. The quantitative estimate of drug-likeness (QED) is 0.0680. The molecule has 0 unspecified atom stereocenters. The van der Waals surface area contributed by atoms with Crippen LogP contribution in [0.5, 0.6) is 0 Å². The molecule has 0 rings (SSSR count). The van der Waals surface area contributed by atoms with Gasteiger partial charge in [-0.05, 0) is 25.8 Å². The summed E-state index contributed by atoms with van der Waals surface area (Å²) in [7, 11) is 0. The van der Waals surface area contributed by atoms with Gasteiger partial charge in [0.15, 0.2) is 0 Å². The summed E-state index contributed by atoms with van der Waals surface area (Å²) in [6.45, 7) is -2.92. The monoisotopic (exact) mass is 545 g/mol. The number of rotatable bonds is 19. The van der Waals surface area contributed by atoms with Crippen LogP contribution in [0.1, 0.15) is 19.3 Å². The van der Waals surface area contributed by atoms with Crippen molar-refractivity contribution in [1.82, 2.24) is 37.2 Å². The molecule has 0 aliphatic rings. The third kappa shape index (κ3) is 18.0. The number of nitrogens with one attached hydrogen (secondary N) is 7. The highest BCUT2D eigenvalue weighted by Gasteiger charge is 2.21. The molecule has 0 bridgehead atoms. The molecule has 0 saturated heterocycles.